The van der Waals surface area contributed by atoms with Gasteiger partial charge in [-0.2, -0.15) is 0 Å². The van der Waals surface area contributed by atoms with Crippen molar-refractivity contribution in [2.75, 3.05) is 11.9 Å². The van der Waals surface area contributed by atoms with E-state index in [1.165, 1.54) is 12.1 Å². The molecule has 0 spiro atoms. The normalized spacial score (nSPS) is 11.1. The van der Waals surface area contributed by atoms with Gasteiger partial charge in [-0.15, -0.1) is 0 Å². The van der Waals surface area contributed by atoms with Crippen molar-refractivity contribution in [2.45, 2.75) is 13.5 Å². The van der Waals surface area contributed by atoms with Gasteiger partial charge in [-0.25, -0.2) is 0 Å². The van der Waals surface area contributed by atoms with E-state index in [-0.39, 0.29) is 5.69 Å². The maximum absolute atomic E-state index is 10.8. The summed E-state index contributed by atoms with van der Waals surface area (Å²) in [4.78, 5) is 17.0. The average Bonchev–Trinajstić information content (AvgIpc) is 2.77. The molecule has 0 amide bonds. The van der Waals surface area contributed by atoms with Crippen LogP contribution in [0.5, 0.6) is 0 Å². The number of non-ortho nitro benzene ring substituents is 1. The zero-order valence-corrected chi connectivity index (χ0v) is 17.6. The predicted octanol–water partition coefficient (Wildman–Crippen LogP) is 4.86. The number of nitrogens with zero attached hydrogens (tertiary/aromatic N) is 3. The van der Waals surface area contributed by atoms with Crippen LogP contribution in [-0.2, 0) is 6.54 Å². The first-order valence-electron chi connectivity index (χ1n) is 9.38. The van der Waals surface area contributed by atoms with E-state index in [9.17, 15) is 10.1 Å². The largest absolute Gasteiger partial charge is 0.322 e. The predicted molar refractivity (Wildman–Crippen MR) is 125 cm³/mol. The zero-order chi connectivity index (χ0) is 21.5. The van der Waals surface area contributed by atoms with Crippen LogP contribution in [0.1, 0.15) is 16.7 Å². The van der Waals surface area contributed by atoms with Crippen molar-refractivity contribution in [3.05, 3.63) is 106 Å². The van der Waals surface area contributed by atoms with E-state index in [1.54, 1.807) is 12.1 Å². The lowest BCUT2D eigenvalue weighted by Gasteiger charge is -2.22. The lowest BCUT2D eigenvalue weighted by atomic mass is 10.1. The average molecular weight is 419 g/mol. The third kappa shape index (κ3) is 5.48. The van der Waals surface area contributed by atoms with Gasteiger partial charge in [0.05, 0.1) is 11.5 Å². The molecule has 3 aromatic rings. The van der Waals surface area contributed by atoms with Crippen LogP contribution in [-0.4, -0.2) is 22.9 Å². The number of hydrogen-bond donors (Lipinski definition) is 1. The second-order valence-electron chi connectivity index (χ2n) is 6.78. The fraction of sp³-hybridized carbons (Fsp3) is 0.130. The minimum atomic E-state index is -0.413. The molecule has 0 atom stereocenters. The van der Waals surface area contributed by atoms with E-state index in [4.69, 9.17) is 17.2 Å². The Morgan fingerprint density at radius 2 is 1.67 bits per heavy atom. The Kier molecular flexibility index (Phi) is 6.87. The highest BCUT2D eigenvalue weighted by Gasteiger charge is 2.11. The smallest absolute Gasteiger partial charge is 0.269 e. The molecule has 0 saturated heterocycles. The molecule has 3 rings (SSSR count). The van der Waals surface area contributed by atoms with Crippen LogP contribution in [0.15, 0.2) is 83.9 Å². The molecular formula is C23H22N4O2S. The number of amidine groups is 1. The Morgan fingerprint density at radius 3 is 2.27 bits per heavy atom. The van der Waals surface area contributed by atoms with Crippen LogP contribution < -0.4 is 10.2 Å². The number of nitro groups is 1. The summed E-state index contributed by atoms with van der Waals surface area (Å²) in [5.74, 6) is 0.640. The van der Waals surface area contributed by atoms with Gasteiger partial charge in [0.15, 0.2) is 5.11 Å². The maximum Gasteiger partial charge on any atom is 0.269 e. The van der Waals surface area contributed by atoms with E-state index in [2.05, 4.69) is 5.32 Å². The number of nitro benzene ring substituents is 1. The van der Waals surface area contributed by atoms with Gasteiger partial charge < -0.3 is 10.2 Å². The van der Waals surface area contributed by atoms with Crippen LogP contribution in [0.3, 0.4) is 0 Å². The monoisotopic (exact) mass is 418 g/mol. The molecule has 1 N–H and O–H groups in total. The molecule has 7 heteroatoms. The number of thiocarbonyl (C=S) groups is 1. The molecular weight excluding hydrogens is 396 g/mol. The Morgan fingerprint density at radius 1 is 1.03 bits per heavy atom. The van der Waals surface area contributed by atoms with E-state index < -0.39 is 4.92 Å². The van der Waals surface area contributed by atoms with Gasteiger partial charge in [0.1, 0.15) is 5.84 Å². The minimum Gasteiger partial charge on any atom is -0.322 e. The van der Waals surface area contributed by atoms with Gasteiger partial charge in [-0.1, -0.05) is 60.2 Å². The summed E-state index contributed by atoms with van der Waals surface area (Å²) < 4.78 is 0. The third-order valence-corrected chi connectivity index (χ3v) is 4.94. The molecule has 0 aliphatic rings. The first-order chi connectivity index (χ1) is 14.4. The molecule has 3 aromatic carbocycles. The second-order valence-corrected chi connectivity index (χ2v) is 7.17. The Bertz CT molecular complexity index is 1050. The molecule has 0 saturated carbocycles. The number of aryl methyl sites for hydroxylation is 1. The summed E-state index contributed by atoms with van der Waals surface area (Å²) in [7, 11) is 1.90. The van der Waals surface area contributed by atoms with Crippen molar-refractivity contribution < 1.29 is 4.92 Å². The number of nitrogens with one attached hydrogen (secondary N) is 1. The van der Waals surface area contributed by atoms with Gasteiger partial charge in [-0.05, 0) is 36.8 Å². The van der Waals surface area contributed by atoms with Gasteiger partial charge in [0.2, 0.25) is 0 Å². The van der Waals surface area contributed by atoms with Gasteiger partial charge >= 0.3 is 0 Å². The number of benzene rings is 3. The summed E-state index contributed by atoms with van der Waals surface area (Å²) in [6.07, 6.45) is 0. The summed E-state index contributed by atoms with van der Waals surface area (Å²) >= 11 is 5.60. The first-order valence-corrected chi connectivity index (χ1v) is 9.79. The van der Waals surface area contributed by atoms with E-state index in [0.717, 1.165) is 22.4 Å². The highest BCUT2D eigenvalue weighted by Crippen LogP contribution is 2.14. The second kappa shape index (κ2) is 9.76. The number of anilines is 1. The van der Waals surface area contributed by atoms with E-state index in [1.807, 2.05) is 73.5 Å². The number of rotatable bonds is 5. The summed E-state index contributed by atoms with van der Waals surface area (Å²) in [6.45, 7) is 2.39. The van der Waals surface area contributed by atoms with Gasteiger partial charge in [-0.3, -0.25) is 15.1 Å². The molecule has 0 aromatic heterocycles. The molecule has 0 bridgehead atoms. The summed E-state index contributed by atoms with van der Waals surface area (Å²) in [5.41, 5.74) is 3.96. The molecule has 0 unspecified atom stereocenters. The molecule has 0 aliphatic carbocycles. The summed E-state index contributed by atoms with van der Waals surface area (Å²) in [5, 5.41) is 14.6. The fourth-order valence-electron chi connectivity index (χ4n) is 2.76. The fourth-order valence-corrected chi connectivity index (χ4v) is 2.96. The van der Waals surface area contributed by atoms with Crippen LogP contribution in [0.2, 0.25) is 0 Å². The van der Waals surface area contributed by atoms with Gasteiger partial charge in [0, 0.05) is 30.4 Å². The minimum absolute atomic E-state index is 0.0604. The Balaban J connectivity index is 1.83. The van der Waals surface area contributed by atoms with Crippen LogP contribution in [0.25, 0.3) is 0 Å². The number of hydrogen-bond acceptors (Lipinski definition) is 4. The quantitative estimate of drug-likeness (QED) is 0.211. The zero-order valence-electron chi connectivity index (χ0n) is 16.8. The molecule has 0 fully saturated rings. The topological polar surface area (TPSA) is 70.8 Å². The molecule has 0 radical (unpaired) electrons. The van der Waals surface area contributed by atoms with E-state index >= 15 is 0 Å². The molecule has 0 aliphatic heterocycles. The van der Waals surface area contributed by atoms with Crippen molar-refractivity contribution in [1.29, 1.82) is 0 Å². The highest BCUT2D eigenvalue weighted by molar-refractivity contribution is 7.80. The maximum atomic E-state index is 10.8. The van der Waals surface area contributed by atoms with Crippen LogP contribution in [0, 0.1) is 17.0 Å². The molecule has 152 valence electrons. The molecule has 0 heterocycles. The van der Waals surface area contributed by atoms with Crippen LogP contribution in [0.4, 0.5) is 11.4 Å². The Labute approximate surface area is 181 Å². The lowest BCUT2D eigenvalue weighted by molar-refractivity contribution is -0.384. The van der Waals surface area contributed by atoms with E-state index in [0.29, 0.717) is 17.5 Å². The molecule has 6 nitrogen and oxygen atoms in total. The van der Waals surface area contributed by atoms with Crippen molar-refractivity contribution in [1.82, 2.24) is 5.32 Å². The number of aliphatic imine (C=N–C) groups is 1. The SMILES string of the molecule is Cc1ccc(C(=NCc2ccc([N+](=O)[O-])cc2)NC(=S)N(C)c2ccccc2)cc1. The number of para-hydroxylation sites is 1. The van der Waals surface area contributed by atoms with Crippen molar-refractivity contribution in [3.8, 4) is 0 Å². The molecule has 30 heavy (non-hydrogen) atoms. The van der Waals surface area contributed by atoms with Crippen molar-refractivity contribution >= 4 is 34.5 Å². The third-order valence-electron chi connectivity index (χ3n) is 4.57. The summed E-state index contributed by atoms with van der Waals surface area (Å²) in [6, 6.07) is 24.2. The first kappa shape index (κ1) is 21.1. The van der Waals surface area contributed by atoms with Gasteiger partial charge in [0.25, 0.3) is 5.69 Å². The van der Waals surface area contributed by atoms with Crippen LogP contribution >= 0.6 is 12.2 Å². The van der Waals surface area contributed by atoms with Crippen molar-refractivity contribution in [2.24, 2.45) is 4.99 Å². The standard InChI is InChI=1S/C23H22N4O2S/c1-17-8-12-19(13-9-17)22(24-16-18-10-14-21(15-11-18)27(28)29)25-23(30)26(2)20-6-4-3-5-7-20/h3-15H,16H2,1-2H3,(H,24,25,30). The van der Waals surface area contributed by atoms with Crippen molar-refractivity contribution in [3.63, 3.8) is 0 Å². The Hall–Kier alpha value is -3.58. The highest BCUT2D eigenvalue weighted by atomic mass is 32.1. The lowest BCUT2D eigenvalue weighted by Crippen LogP contribution is -2.41.